The molecule has 32 heavy (non-hydrogen) atoms. The highest BCUT2D eigenvalue weighted by molar-refractivity contribution is 9.10. The largest absolute Gasteiger partial charge is 0.289 e. The molecule has 0 spiro atoms. The van der Waals surface area contributed by atoms with Gasteiger partial charge in [-0.1, -0.05) is 88.7 Å². The van der Waals surface area contributed by atoms with Crippen molar-refractivity contribution >= 4 is 38.6 Å². The van der Waals surface area contributed by atoms with Crippen LogP contribution in [0.3, 0.4) is 0 Å². The SMILES string of the molecule is O=C(/C=C/c1cn(-c2ccccc2)nc1-c1ccc(Br)cc1)c1cccc2ccccc12. The van der Waals surface area contributed by atoms with Gasteiger partial charge in [0.1, 0.15) is 0 Å². The number of carbonyl (C=O) groups excluding carboxylic acids is 1. The molecule has 0 fully saturated rings. The third kappa shape index (κ3) is 4.05. The summed E-state index contributed by atoms with van der Waals surface area (Å²) < 4.78 is 2.85. The average Bonchev–Trinajstić information content (AvgIpc) is 3.27. The van der Waals surface area contributed by atoms with Crippen LogP contribution in [0.1, 0.15) is 15.9 Å². The van der Waals surface area contributed by atoms with Crippen molar-refractivity contribution in [2.24, 2.45) is 0 Å². The molecule has 0 aliphatic rings. The van der Waals surface area contributed by atoms with Gasteiger partial charge in [-0.15, -0.1) is 0 Å². The number of hydrogen-bond donors (Lipinski definition) is 0. The number of ketones is 1. The van der Waals surface area contributed by atoms with Gasteiger partial charge >= 0.3 is 0 Å². The summed E-state index contributed by atoms with van der Waals surface area (Å²) in [7, 11) is 0. The second kappa shape index (κ2) is 8.77. The lowest BCUT2D eigenvalue weighted by atomic mass is 10.0. The van der Waals surface area contributed by atoms with Crippen LogP contribution in [-0.4, -0.2) is 15.6 Å². The van der Waals surface area contributed by atoms with E-state index in [9.17, 15) is 4.79 Å². The number of para-hydroxylation sites is 1. The molecule has 0 saturated carbocycles. The molecule has 0 unspecified atom stereocenters. The van der Waals surface area contributed by atoms with Crippen LogP contribution in [0.4, 0.5) is 0 Å². The molecule has 5 aromatic rings. The highest BCUT2D eigenvalue weighted by Gasteiger charge is 2.12. The highest BCUT2D eigenvalue weighted by atomic mass is 79.9. The van der Waals surface area contributed by atoms with Gasteiger partial charge in [0.2, 0.25) is 0 Å². The Labute approximate surface area is 194 Å². The van der Waals surface area contributed by atoms with Crippen molar-refractivity contribution in [1.82, 2.24) is 9.78 Å². The Morgan fingerprint density at radius 3 is 2.34 bits per heavy atom. The maximum atomic E-state index is 13.1. The number of allylic oxidation sites excluding steroid dienone is 1. The molecule has 3 nitrogen and oxygen atoms in total. The molecule has 0 aliphatic carbocycles. The van der Waals surface area contributed by atoms with Gasteiger partial charge in [0.05, 0.1) is 11.4 Å². The molecule has 0 saturated heterocycles. The Hall–Kier alpha value is -3.76. The van der Waals surface area contributed by atoms with E-state index in [0.29, 0.717) is 5.56 Å². The van der Waals surface area contributed by atoms with Gasteiger partial charge in [0, 0.05) is 27.4 Å². The monoisotopic (exact) mass is 478 g/mol. The molecular weight excluding hydrogens is 460 g/mol. The minimum absolute atomic E-state index is 0.0315. The number of benzene rings is 4. The molecule has 0 aliphatic heterocycles. The lowest BCUT2D eigenvalue weighted by Crippen LogP contribution is -1.95. The number of nitrogens with zero attached hydrogens (tertiary/aromatic N) is 2. The van der Waals surface area contributed by atoms with Crippen LogP contribution in [0.15, 0.2) is 114 Å². The predicted octanol–water partition coefficient (Wildman–Crippen LogP) is 7.35. The van der Waals surface area contributed by atoms with Crippen LogP contribution in [-0.2, 0) is 0 Å². The Bertz CT molecular complexity index is 1430. The second-order valence-electron chi connectivity index (χ2n) is 7.44. The maximum absolute atomic E-state index is 13.1. The molecule has 154 valence electrons. The quantitative estimate of drug-likeness (QED) is 0.195. The molecule has 1 aromatic heterocycles. The van der Waals surface area contributed by atoms with E-state index in [0.717, 1.165) is 37.8 Å². The lowest BCUT2D eigenvalue weighted by Gasteiger charge is -2.03. The van der Waals surface area contributed by atoms with Crippen molar-refractivity contribution in [3.63, 3.8) is 0 Å². The van der Waals surface area contributed by atoms with Gasteiger partial charge in [0.25, 0.3) is 0 Å². The number of rotatable bonds is 5. The zero-order valence-electron chi connectivity index (χ0n) is 17.2. The average molecular weight is 479 g/mol. The predicted molar refractivity (Wildman–Crippen MR) is 134 cm³/mol. The summed E-state index contributed by atoms with van der Waals surface area (Å²) in [6.07, 6.45) is 5.45. The van der Waals surface area contributed by atoms with Crippen LogP contribution in [0, 0.1) is 0 Å². The van der Waals surface area contributed by atoms with Crippen molar-refractivity contribution < 1.29 is 4.79 Å². The van der Waals surface area contributed by atoms with E-state index < -0.39 is 0 Å². The van der Waals surface area contributed by atoms with E-state index in [-0.39, 0.29) is 5.78 Å². The fourth-order valence-corrected chi connectivity index (χ4v) is 4.01. The van der Waals surface area contributed by atoms with Gasteiger partial charge in [-0.3, -0.25) is 4.79 Å². The Balaban J connectivity index is 1.56. The maximum Gasteiger partial charge on any atom is 0.186 e. The lowest BCUT2D eigenvalue weighted by molar-refractivity contribution is 0.104. The summed E-state index contributed by atoms with van der Waals surface area (Å²) in [6, 6.07) is 31.7. The number of aromatic nitrogens is 2. The van der Waals surface area contributed by atoms with Gasteiger partial charge < -0.3 is 0 Å². The molecule has 4 heteroatoms. The van der Waals surface area contributed by atoms with Crippen LogP contribution in [0.5, 0.6) is 0 Å². The van der Waals surface area contributed by atoms with Gasteiger partial charge in [0.15, 0.2) is 5.78 Å². The summed E-state index contributed by atoms with van der Waals surface area (Å²) in [5, 5.41) is 6.83. The standard InChI is InChI=1S/C28H19BrN2O/c29-23-16-13-21(14-17-23)28-22(19-31(30-28)24-9-2-1-3-10-24)15-18-27(32)26-12-6-8-20-7-4-5-11-25(20)26/h1-19H/b18-15+. The van der Waals surface area contributed by atoms with Crippen molar-refractivity contribution in [3.05, 3.63) is 125 Å². The van der Waals surface area contributed by atoms with Crippen molar-refractivity contribution in [2.75, 3.05) is 0 Å². The first-order valence-corrected chi connectivity index (χ1v) is 11.1. The first kappa shape index (κ1) is 20.2. The number of fused-ring (bicyclic) bond motifs is 1. The number of carbonyl (C=O) groups is 1. The minimum Gasteiger partial charge on any atom is -0.289 e. The van der Waals surface area contributed by atoms with Crippen molar-refractivity contribution in [2.45, 2.75) is 0 Å². The van der Waals surface area contributed by atoms with Crippen LogP contribution < -0.4 is 0 Å². The van der Waals surface area contributed by atoms with E-state index in [1.165, 1.54) is 0 Å². The second-order valence-corrected chi connectivity index (χ2v) is 8.36. The van der Waals surface area contributed by atoms with Gasteiger partial charge in [-0.2, -0.15) is 5.10 Å². The smallest absolute Gasteiger partial charge is 0.186 e. The summed E-state index contributed by atoms with van der Waals surface area (Å²) in [5.74, 6) is -0.0315. The molecular formula is C28H19BrN2O. The van der Waals surface area contributed by atoms with Crippen LogP contribution in [0.25, 0.3) is 33.8 Å². The molecule has 0 N–H and O–H groups in total. The normalized spacial score (nSPS) is 11.3. The number of halogens is 1. The summed E-state index contributed by atoms with van der Waals surface area (Å²) in [4.78, 5) is 13.1. The Morgan fingerprint density at radius 1 is 0.812 bits per heavy atom. The van der Waals surface area contributed by atoms with Crippen LogP contribution in [0.2, 0.25) is 0 Å². The minimum atomic E-state index is -0.0315. The topological polar surface area (TPSA) is 34.9 Å². The fraction of sp³-hybridized carbons (Fsp3) is 0. The third-order valence-corrected chi connectivity index (χ3v) is 5.88. The molecule has 0 amide bonds. The molecule has 0 atom stereocenters. The highest BCUT2D eigenvalue weighted by Crippen LogP contribution is 2.27. The number of hydrogen-bond acceptors (Lipinski definition) is 2. The first-order chi connectivity index (χ1) is 15.7. The Kier molecular flexibility index (Phi) is 5.53. The van der Waals surface area contributed by atoms with E-state index in [2.05, 4.69) is 15.9 Å². The summed E-state index contributed by atoms with van der Waals surface area (Å²) in [5.41, 5.74) is 4.35. The molecule has 4 aromatic carbocycles. The van der Waals surface area contributed by atoms with E-state index in [1.54, 1.807) is 6.08 Å². The molecule has 0 radical (unpaired) electrons. The molecule has 5 rings (SSSR count). The fourth-order valence-electron chi connectivity index (χ4n) is 3.75. The third-order valence-electron chi connectivity index (χ3n) is 5.35. The van der Waals surface area contributed by atoms with Gasteiger partial charge in [-0.05, 0) is 47.2 Å². The van der Waals surface area contributed by atoms with Crippen molar-refractivity contribution in [3.8, 4) is 16.9 Å². The first-order valence-electron chi connectivity index (χ1n) is 10.3. The van der Waals surface area contributed by atoms with E-state index in [4.69, 9.17) is 5.10 Å². The molecule has 1 heterocycles. The van der Waals surface area contributed by atoms with Gasteiger partial charge in [-0.25, -0.2) is 4.68 Å². The summed E-state index contributed by atoms with van der Waals surface area (Å²) >= 11 is 3.49. The zero-order valence-corrected chi connectivity index (χ0v) is 18.7. The Morgan fingerprint density at radius 2 is 1.53 bits per heavy atom. The molecule has 0 bridgehead atoms. The summed E-state index contributed by atoms with van der Waals surface area (Å²) in [6.45, 7) is 0. The van der Waals surface area contributed by atoms with E-state index in [1.807, 2.05) is 114 Å². The zero-order chi connectivity index (χ0) is 21.9. The van der Waals surface area contributed by atoms with Crippen LogP contribution >= 0.6 is 15.9 Å². The van der Waals surface area contributed by atoms with E-state index >= 15 is 0 Å². The van der Waals surface area contributed by atoms with Crippen molar-refractivity contribution in [1.29, 1.82) is 0 Å².